The largest absolute Gasteiger partial charge is 0.393 e. The van der Waals surface area contributed by atoms with Gasteiger partial charge in [0.15, 0.2) is 5.78 Å². The van der Waals surface area contributed by atoms with E-state index in [1.54, 1.807) is 0 Å². The van der Waals surface area contributed by atoms with Gasteiger partial charge in [0.05, 0.1) is 11.7 Å². The lowest BCUT2D eigenvalue weighted by molar-refractivity contribution is -0.176. The molecule has 1 heterocycles. The molecule has 8 unspecified atom stereocenters. The van der Waals surface area contributed by atoms with Gasteiger partial charge < -0.3 is 10.2 Å². The Labute approximate surface area is 279 Å². The number of β-amino-alcohol motifs (C(OH)–C–C–N with tert-alkyl or cyclic N) is 1. The summed E-state index contributed by atoms with van der Waals surface area (Å²) in [4.78, 5) is 17.4. The minimum atomic E-state index is -0.825. The fourth-order valence-electron chi connectivity index (χ4n) is 12.1. The van der Waals surface area contributed by atoms with Crippen molar-refractivity contribution in [2.45, 2.75) is 83.6 Å². The molecule has 242 valence electrons. The highest BCUT2D eigenvalue weighted by Crippen LogP contribution is 2.78. The Morgan fingerprint density at radius 3 is 2.11 bits per heavy atom. The van der Waals surface area contributed by atoms with Gasteiger partial charge in [-0.3, -0.25) is 9.69 Å². The molecular weight excluding hydrogens is 578 g/mol. The van der Waals surface area contributed by atoms with E-state index >= 15 is 0 Å². The highest BCUT2D eigenvalue weighted by molar-refractivity contribution is 6.10. The number of hydrogen-bond acceptors (Lipinski definition) is 4. The van der Waals surface area contributed by atoms with Gasteiger partial charge in [-0.25, -0.2) is 0 Å². The van der Waals surface area contributed by atoms with Crippen LogP contribution in [0, 0.1) is 33.5 Å². The van der Waals surface area contributed by atoms with Crippen molar-refractivity contribution >= 4 is 5.78 Å². The Hall–Kier alpha value is -3.31. The molecule has 47 heavy (non-hydrogen) atoms. The lowest BCUT2D eigenvalue weighted by Gasteiger charge is -2.71. The molecule has 3 saturated carbocycles. The molecule has 2 N–H and O–H groups in total. The third-order valence-electron chi connectivity index (χ3n) is 14.6. The maximum atomic E-state index is 15.0. The van der Waals surface area contributed by atoms with E-state index in [4.69, 9.17) is 0 Å². The van der Waals surface area contributed by atoms with Crippen LogP contribution in [0.2, 0.25) is 0 Å². The first-order valence-electron chi connectivity index (χ1n) is 17.9. The molecule has 4 heteroatoms. The Morgan fingerprint density at radius 1 is 0.766 bits per heavy atom. The number of hydrogen-bond donors (Lipinski definition) is 2. The number of aliphatic hydroxyl groups is 2. The molecule has 6 aliphatic carbocycles. The van der Waals surface area contributed by atoms with Gasteiger partial charge in [0.25, 0.3) is 0 Å². The molecule has 1 aliphatic heterocycles. The van der Waals surface area contributed by atoms with Crippen LogP contribution in [0.3, 0.4) is 0 Å². The van der Waals surface area contributed by atoms with Gasteiger partial charge in [-0.05, 0) is 84.5 Å². The van der Waals surface area contributed by atoms with Gasteiger partial charge in [0, 0.05) is 47.0 Å². The second-order valence-electron chi connectivity index (χ2n) is 16.5. The minimum Gasteiger partial charge on any atom is -0.393 e. The number of Topliss-reactive ketones (excluding diaryl/α,β-unsaturated/α-hetero) is 1. The predicted molar refractivity (Wildman–Crippen MR) is 185 cm³/mol. The third-order valence-corrected chi connectivity index (χ3v) is 14.6. The van der Waals surface area contributed by atoms with Crippen LogP contribution < -0.4 is 0 Å². The molecule has 0 radical (unpaired) electrons. The van der Waals surface area contributed by atoms with Crippen molar-refractivity contribution < 1.29 is 15.0 Å². The molecular formula is C43H47NO3. The van der Waals surface area contributed by atoms with Crippen LogP contribution >= 0.6 is 0 Å². The summed E-state index contributed by atoms with van der Waals surface area (Å²) in [6.07, 6.45) is 12.9. The quantitative estimate of drug-likeness (QED) is 0.222. The van der Waals surface area contributed by atoms with E-state index in [1.165, 1.54) is 11.1 Å². The van der Waals surface area contributed by atoms with Gasteiger partial charge in [0.1, 0.15) is 0 Å². The van der Waals surface area contributed by atoms with Gasteiger partial charge in [-0.1, -0.05) is 111 Å². The molecule has 3 aromatic rings. The zero-order chi connectivity index (χ0) is 32.2. The number of allylic oxidation sites excluding steroid dienone is 4. The highest BCUT2D eigenvalue weighted by Gasteiger charge is 2.74. The van der Waals surface area contributed by atoms with Crippen molar-refractivity contribution in [3.05, 3.63) is 119 Å². The zero-order valence-electron chi connectivity index (χ0n) is 27.8. The number of rotatable bonds is 5. The normalized spacial score (nSPS) is 39.9. The van der Waals surface area contributed by atoms with Crippen LogP contribution in [0.15, 0.2) is 103 Å². The van der Waals surface area contributed by atoms with Crippen molar-refractivity contribution in [3.8, 4) is 11.1 Å². The van der Waals surface area contributed by atoms with Crippen LogP contribution in [0.25, 0.3) is 11.1 Å². The number of nitrogens with zero attached hydrogens (tertiary/aromatic N) is 1. The molecule has 7 aliphatic rings. The summed E-state index contributed by atoms with van der Waals surface area (Å²) >= 11 is 0. The molecule has 0 saturated heterocycles. The van der Waals surface area contributed by atoms with Crippen molar-refractivity contribution in [2.24, 2.45) is 33.5 Å². The van der Waals surface area contributed by atoms with Gasteiger partial charge in [0.2, 0.25) is 0 Å². The van der Waals surface area contributed by atoms with Crippen LogP contribution in [-0.2, 0) is 13.1 Å². The maximum absolute atomic E-state index is 15.0. The number of fused-ring (bicyclic) bond motifs is 2. The first kappa shape index (κ1) is 29.8. The summed E-state index contributed by atoms with van der Waals surface area (Å²) in [6, 6.07) is 27.2. The van der Waals surface area contributed by atoms with Crippen molar-refractivity contribution in [2.75, 3.05) is 6.54 Å². The average molecular weight is 626 g/mol. The summed E-state index contributed by atoms with van der Waals surface area (Å²) in [5.41, 5.74) is 4.73. The molecule has 2 spiro atoms. The number of ketones is 1. The molecule has 2 bridgehead atoms. The van der Waals surface area contributed by atoms with E-state index in [1.807, 2.05) is 30.3 Å². The van der Waals surface area contributed by atoms with E-state index in [0.717, 1.165) is 73.9 Å². The lowest BCUT2D eigenvalue weighted by Crippen LogP contribution is -2.67. The zero-order valence-corrected chi connectivity index (χ0v) is 27.8. The molecule has 0 aromatic heterocycles. The highest BCUT2D eigenvalue weighted by atomic mass is 16.3. The topological polar surface area (TPSA) is 60.8 Å². The smallest absolute Gasteiger partial charge is 0.189 e. The summed E-state index contributed by atoms with van der Waals surface area (Å²) in [7, 11) is 0. The van der Waals surface area contributed by atoms with E-state index in [9.17, 15) is 15.0 Å². The standard InChI is InChI=1S/C43H47NO3/c1-39-19-16-34(45)24-41(39)22-23-43(35(25-41)38(46)31-14-12-30(13-15-31)29-8-4-3-5-9-29)36(39)17-20-40(2)37(43)18-21-42(40,47)28-44-26-32-10-6-7-11-33(32)27-44/h3-15,22-23,25,34,36-37,45,47H,16-21,24,26-28H2,1-2H3. The second-order valence-corrected chi connectivity index (χ2v) is 16.5. The van der Waals surface area contributed by atoms with Gasteiger partial charge in [-0.2, -0.15) is 0 Å². The molecule has 10 rings (SSSR count). The maximum Gasteiger partial charge on any atom is 0.189 e. The number of carbonyl (C=O) groups excluding carboxylic acids is 1. The Kier molecular flexibility index (Phi) is 6.41. The van der Waals surface area contributed by atoms with Crippen LogP contribution in [-0.4, -0.2) is 39.1 Å². The first-order chi connectivity index (χ1) is 22.6. The van der Waals surface area contributed by atoms with Crippen LogP contribution in [0.4, 0.5) is 0 Å². The fraction of sp³-hybridized carbons (Fsp3) is 0.465. The Bertz CT molecular complexity index is 1790. The summed E-state index contributed by atoms with van der Waals surface area (Å²) < 4.78 is 0. The summed E-state index contributed by atoms with van der Waals surface area (Å²) in [5.74, 6) is 0.590. The van der Waals surface area contributed by atoms with Crippen LogP contribution in [0.1, 0.15) is 80.3 Å². The summed E-state index contributed by atoms with van der Waals surface area (Å²) in [6.45, 7) is 7.25. The molecule has 4 nitrogen and oxygen atoms in total. The van der Waals surface area contributed by atoms with Crippen molar-refractivity contribution in [1.82, 2.24) is 4.90 Å². The number of carbonyl (C=O) groups is 1. The average Bonchev–Trinajstić information content (AvgIpc) is 3.61. The van der Waals surface area contributed by atoms with Crippen molar-refractivity contribution in [1.29, 1.82) is 0 Å². The Balaban J connectivity index is 1.12. The first-order valence-corrected chi connectivity index (χ1v) is 17.9. The molecule has 8 atom stereocenters. The Morgan fingerprint density at radius 2 is 1.38 bits per heavy atom. The molecule has 0 amide bonds. The van der Waals surface area contributed by atoms with Crippen LogP contribution in [0.5, 0.6) is 0 Å². The van der Waals surface area contributed by atoms with Crippen molar-refractivity contribution in [3.63, 3.8) is 0 Å². The third kappa shape index (κ3) is 3.95. The summed E-state index contributed by atoms with van der Waals surface area (Å²) in [5, 5.41) is 23.8. The molecule has 3 fully saturated rings. The predicted octanol–water partition coefficient (Wildman–Crippen LogP) is 8.14. The minimum absolute atomic E-state index is 0.0272. The van der Waals surface area contributed by atoms with Gasteiger partial charge >= 0.3 is 0 Å². The van der Waals surface area contributed by atoms with E-state index in [2.05, 4.69) is 85.5 Å². The second kappa shape index (κ2) is 10.1. The van der Waals surface area contributed by atoms with E-state index in [-0.39, 0.29) is 34.1 Å². The monoisotopic (exact) mass is 625 g/mol. The SMILES string of the molecule is CC12CCC(O)CC13C=CC1(C(C(=O)c4ccc(-c5ccccc5)cc4)=C3)C2CCC2(C)C1CCC2(O)CN1Cc2ccccc2C1. The number of aliphatic hydroxyl groups excluding tert-OH is 1. The molecule has 3 aromatic carbocycles. The fourth-order valence-corrected chi connectivity index (χ4v) is 12.1. The number of benzene rings is 3. The van der Waals surface area contributed by atoms with E-state index < -0.39 is 11.0 Å². The van der Waals surface area contributed by atoms with Gasteiger partial charge in [-0.15, -0.1) is 0 Å². The van der Waals surface area contributed by atoms with E-state index in [0.29, 0.717) is 18.9 Å². The lowest BCUT2D eigenvalue weighted by atomic mass is 9.32.